The number of halogens is 2. The van der Waals surface area contributed by atoms with Crippen LogP contribution in [-0.2, 0) is 5.60 Å². The second-order valence-electron chi connectivity index (χ2n) is 7.21. The van der Waals surface area contributed by atoms with Crippen molar-refractivity contribution in [1.29, 1.82) is 0 Å². The Balaban J connectivity index is 1.74. The summed E-state index contributed by atoms with van der Waals surface area (Å²) in [5.74, 6) is -0.437. The summed E-state index contributed by atoms with van der Waals surface area (Å²) in [7, 11) is 0. The molecule has 152 valence electrons. The van der Waals surface area contributed by atoms with Crippen LogP contribution in [0.2, 0.25) is 0 Å². The molecular weight excluding hydrogens is 372 g/mol. The Morgan fingerprint density at radius 3 is 2.93 bits per heavy atom. The van der Waals surface area contributed by atoms with Crippen molar-refractivity contribution in [3.05, 3.63) is 35.8 Å². The van der Waals surface area contributed by atoms with Gasteiger partial charge in [-0.15, -0.1) is 0 Å². The summed E-state index contributed by atoms with van der Waals surface area (Å²) in [5.41, 5.74) is -0.505. The van der Waals surface area contributed by atoms with Crippen LogP contribution in [0.25, 0.3) is 0 Å². The summed E-state index contributed by atoms with van der Waals surface area (Å²) in [5, 5.41) is 18.6. The van der Waals surface area contributed by atoms with E-state index in [0.29, 0.717) is 18.8 Å². The molecule has 1 atom stereocenters. The lowest BCUT2D eigenvalue weighted by molar-refractivity contribution is 0.0617. The number of nitrogens with zero attached hydrogens (tertiary/aromatic N) is 5. The van der Waals surface area contributed by atoms with E-state index in [0.717, 1.165) is 12.8 Å². The number of ether oxygens (including phenoxy) is 1. The molecule has 2 aromatic rings. The lowest BCUT2D eigenvalue weighted by Gasteiger charge is -2.32. The molecule has 1 unspecified atom stereocenters. The summed E-state index contributed by atoms with van der Waals surface area (Å²) in [6.07, 6.45) is 1.77. The average Bonchev–Trinajstić information content (AvgIpc) is 3.17. The van der Waals surface area contributed by atoms with Crippen LogP contribution in [0, 0.1) is 0 Å². The van der Waals surface area contributed by atoms with Crippen molar-refractivity contribution in [2.24, 2.45) is 0 Å². The molecule has 8 nitrogen and oxygen atoms in total. The standard InChI is InChI=1S/C18H23F2N5O3/c1-18(2,27)14-9-22-25(23-14)12-5-4-8-24(10-12)17(26)13-6-3-7-21-16(13)28-11-15(19)20/h3,6-7,9,12,15,27H,4-5,8,10-11H2,1-2H3. The maximum absolute atomic E-state index is 12.9. The van der Waals surface area contributed by atoms with Gasteiger partial charge in [0.2, 0.25) is 5.88 Å². The molecule has 1 fully saturated rings. The quantitative estimate of drug-likeness (QED) is 0.804. The Kier molecular flexibility index (Phi) is 5.87. The van der Waals surface area contributed by atoms with E-state index in [1.807, 2.05) is 0 Å². The Morgan fingerprint density at radius 1 is 1.46 bits per heavy atom. The number of likely N-dealkylation sites (tertiary alicyclic amines) is 1. The third-order valence-electron chi connectivity index (χ3n) is 4.49. The number of hydrogen-bond acceptors (Lipinski definition) is 6. The highest BCUT2D eigenvalue weighted by Crippen LogP contribution is 2.25. The normalized spacial score (nSPS) is 17.8. The van der Waals surface area contributed by atoms with Crippen LogP contribution in [0.3, 0.4) is 0 Å². The van der Waals surface area contributed by atoms with Crippen molar-refractivity contribution in [2.45, 2.75) is 44.8 Å². The van der Waals surface area contributed by atoms with Crippen molar-refractivity contribution < 1.29 is 23.4 Å². The highest BCUT2D eigenvalue weighted by atomic mass is 19.3. The maximum atomic E-state index is 12.9. The molecule has 1 aliphatic heterocycles. The summed E-state index contributed by atoms with van der Waals surface area (Å²) in [6.45, 7) is 3.32. The molecule has 1 amide bonds. The van der Waals surface area contributed by atoms with Crippen molar-refractivity contribution in [1.82, 2.24) is 24.9 Å². The molecule has 0 saturated carbocycles. The minimum atomic E-state index is -2.65. The first-order valence-corrected chi connectivity index (χ1v) is 9.05. The predicted octanol–water partition coefficient (Wildman–Crippen LogP) is 2.02. The van der Waals surface area contributed by atoms with Gasteiger partial charge in [-0.3, -0.25) is 4.79 Å². The Morgan fingerprint density at radius 2 is 2.25 bits per heavy atom. The number of alkyl halides is 2. The molecule has 0 radical (unpaired) electrons. The van der Waals surface area contributed by atoms with E-state index in [-0.39, 0.29) is 23.4 Å². The fraction of sp³-hybridized carbons (Fsp3) is 0.556. The molecule has 2 aromatic heterocycles. The van der Waals surface area contributed by atoms with Crippen molar-refractivity contribution in [3.63, 3.8) is 0 Å². The summed E-state index contributed by atoms with van der Waals surface area (Å²) in [6, 6.07) is 2.93. The molecule has 1 aliphatic rings. The molecule has 0 aliphatic carbocycles. The van der Waals surface area contributed by atoms with Crippen molar-refractivity contribution in [3.8, 4) is 5.88 Å². The molecule has 3 rings (SSSR count). The van der Waals surface area contributed by atoms with Crippen LogP contribution in [-0.4, -0.2) is 62.0 Å². The first kappa shape index (κ1) is 20.1. The van der Waals surface area contributed by atoms with Gasteiger partial charge in [-0.2, -0.15) is 15.0 Å². The van der Waals surface area contributed by atoms with E-state index < -0.39 is 18.6 Å². The zero-order valence-corrected chi connectivity index (χ0v) is 15.8. The van der Waals surface area contributed by atoms with Gasteiger partial charge in [0.05, 0.1) is 12.2 Å². The first-order valence-electron chi connectivity index (χ1n) is 9.05. The fourth-order valence-electron chi connectivity index (χ4n) is 3.04. The molecule has 0 bridgehead atoms. The molecule has 1 saturated heterocycles. The average molecular weight is 395 g/mol. The van der Waals surface area contributed by atoms with E-state index in [4.69, 9.17) is 4.74 Å². The van der Waals surface area contributed by atoms with Gasteiger partial charge < -0.3 is 14.7 Å². The second-order valence-corrected chi connectivity index (χ2v) is 7.21. The number of rotatable bonds is 6. The van der Waals surface area contributed by atoms with Gasteiger partial charge in [-0.1, -0.05) is 0 Å². The SMILES string of the molecule is CC(C)(O)c1cnn(C2CCCN(C(=O)c3cccnc3OCC(F)F)C2)n1. The highest BCUT2D eigenvalue weighted by Gasteiger charge is 2.30. The van der Waals surface area contributed by atoms with Crippen LogP contribution in [0.1, 0.15) is 48.8 Å². The zero-order valence-electron chi connectivity index (χ0n) is 15.8. The number of amides is 1. The number of piperidine rings is 1. The van der Waals surface area contributed by atoms with Gasteiger partial charge in [-0.05, 0) is 38.8 Å². The summed E-state index contributed by atoms with van der Waals surface area (Å²) < 4.78 is 29.9. The first-order chi connectivity index (χ1) is 13.3. The van der Waals surface area contributed by atoms with Crippen molar-refractivity contribution in [2.75, 3.05) is 19.7 Å². The van der Waals surface area contributed by atoms with Crippen LogP contribution in [0.15, 0.2) is 24.5 Å². The summed E-state index contributed by atoms with van der Waals surface area (Å²) >= 11 is 0. The minimum Gasteiger partial charge on any atom is -0.471 e. The zero-order chi connectivity index (χ0) is 20.3. The number of pyridine rings is 1. The van der Waals surface area contributed by atoms with E-state index in [2.05, 4.69) is 15.2 Å². The largest absolute Gasteiger partial charge is 0.471 e. The Hall–Kier alpha value is -2.62. The lowest BCUT2D eigenvalue weighted by atomic mass is 10.1. The number of aliphatic hydroxyl groups is 1. The number of carbonyl (C=O) groups excluding carboxylic acids is 1. The summed E-state index contributed by atoms with van der Waals surface area (Å²) in [4.78, 5) is 20.0. The molecule has 1 N–H and O–H groups in total. The van der Waals surface area contributed by atoms with E-state index >= 15 is 0 Å². The van der Waals surface area contributed by atoms with E-state index in [1.54, 1.807) is 24.8 Å². The number of hydrogen-bond donors (Lipinski definition) is 1. The number of aromatic nitrogens is 4. The molecule has 10 heteroatoms. The van der Waals surface area contributed by atoms with Gasteiger partial charge in [0.1, 0.15) is 16.9 Å². The molecule has 0 spiro atoms. The highest BCUT2D eigenvalue weighted by molar-refractivity contribution is 5.96. The third-order valence-corrected chi connectivity index (χ3v) is 4.49. The van der Waals surface area contributed by atoms with Gasteiger partial charge in [0.15, 0.2) is 6.61 Å². The fourth-order valence-corrected chi connectivity index (χ4v) is 3.04. The van der Waals surface area contributed by atoms with Crippen molar-refractivity contribution >= 4 is 5.91 Å². The van der Waals surface area contributed by atoms with Crippen LogP contribution < -0.4 is 4.74 Å². The van der Waals surface area contributed by atoms with Gasteiger partial charge in [-0.25, -0.2) is 13.8 Å². The molecule has 0 aromatic carbocycles. The van der Waals surface area contributed by atoms with Crippen LogP contribution in [0.5, 0.6) is 5.88 Å². The van der Waals surface area contributed by atoms with Gasteiger partial charge in [0.25, 0.3) is 12.3 Å². The lowest BCUT2D eigenvalue weighted by Crippen LogP contribution is -2.41. The van der Waals surface area contributed by atoms with Gasteiger partial charge >= 0.3 is 0 Å². The van der Waals surface area contributed by atoms with Crippen LogP contribution >= 0.6 is 0 Å². The molecule has 28 heavy (non-hydrogen) atoms. The number of carbonyl (C=O) groups is 1. The topological polar surface area (TPSA) is 93.4 Å². The molecule has 3 heterocycles. The third kappa shape index (κ3) is 4.61. The van der Waals surface area contributed by atoms with E-state index in [9.17, 15) is 18.7 Å². The predicted molar refractivity (Wildman–Crippen MR) is 95.2 cm³/mol. The van der Waals surface area contributed by atoms with Gasteiger partial charge in [0, 0.05) is 19.3 Å². The molecular formula is C18H23F2N5O3. The Bertz CT molecular complexity index is 822. The van der Waals surface area contributed by atoms with Crippen LogP contribution in [0.4, 0.5) is 8.78 Å². The van der Waals surface area contributed by atoms with E-state index in [1.165, 1.54) is 23.3 Å². The Labute approximate surface area is 161 Å². The minimum absolute atomic E-state index is 0.101. The monoisotopic (exact) mass is 395 g/mol. The maximum Gasteiger partial charge on any atom is 0.272 e. The second kappa shape index (κ2) is 8.17. The smallest absolute Gasteiger partial charge is 0.272 e.